The summed E-state index contributed by atoms with van der Waals surface area (Å²) >= 11 is 7.86. The van der Waals surface area contributed by atoms with Crippen molar-refractivity contribution in [2.75, 3.05) is 18.5 Å². The van der Waals surface area contributed by atoms with Gasteiger partial charge in [-0.15, -0.1) is 11.3 Å². The van der Waals surface area contributed by atoms with E-state index < -0.39 is 11.9 Å². The summed E-state index contributed by atoms with van der Waals surface area (Å²) in [4.78, 5) is 41.0. The number of carbonyl (C=O) groups is 3. The molecule has 0 radical (unpaired) electrons. The fourth-order valence-corrected chi connectivity index (χ4v) is 7.06. The van der Waals surface area contributed by atoms with Gasteiger partial charge in [0, 0.05) is 16.5 Å². The van der Waals surface area contributed by atoms with Crippen LogP contribution < -0.4 is 10.1 Å². The molecule has 1 saturated heterocycles. The van der Waals surface area contributed by atoms with Crippen molar-refractivity contribution >= 4 is 68.5 Å². The van der Waals surface area contributed by atoms with E-state index in [0.717, 1.165) is 54.3 Å². The highest BCUT2D eigenvalue weighted by atomic mass is 32.2. The van der Waals surface area contributed by atoms with E-state index in [9.17, 15) is 14.4 Å². The van der Waals surface area contributed by atoms with Gasteiger partial charge in [-0.25, -0.2) is 4.79 Å². The Morgan fingerprint density at radius 2 is 1.80 bits per heavy atom. The predicted molar refractivity (Wildman–Crippen MR) is 168 cm³/mol. The van der Waals surface area contributed by atoms with Gasteiger partial charge >= 0.3 is 5.97 Å². The maximum atomic E-state index is 13.3. The normalized spacial score (nSPS) is 16.7. The zero-order chi connectivity index (χ0) is 28.8. The lowest BCUT2D eigenvalue weighted by Gasteiger charge is -2.23. The lowest BCUT2D eigenvalue weighted by molar-refractivity contribution is -0.126. The molecule has 212 valence electrons. The van der Waals surface area contributed by atoms with Crippen LogP contribution in [0.3, 0.4) is 0 Å². The van der Waals surface area contributed by atoms with Crippen LogP contribution in [-0.2, 0) is 14.3 Å². The smallest absolute Gasteiger partial charge is 0.341 e. The number of nitrogens with one attached hydrogen (secondary N) is 1. The summed E-state index contributed by atoms with van der Waals surface area (Å²) in [6.45, 7) is 1.66. The van der Waals surface area contributed by atoms with Crippen molar-refractivity contribution in [2.24, 2.45) is 0 Å². The number of thiophene rings is 1. The monoisotopic (exact) mass is 606 g/mol. The number of nitrogens with zero attached hydrogens (tertiary/aromatic N) is 1. The summed E-state index contributed by atoms with van der Waals surface area (Å²) in [5.41, 5.74) is 2.60. The number of esters is 1. The number of thioether (sulfide) groups is 1. The standard InChI is InChI=1S/C31H30N2O5S3/c1-2-37-30(36)27-23(20-11-5-3-6-12-20)19-40-28(27)32-26(34)18-33-29(35)25(41-31(33)39)17-21-13-9-10-16-24(21)38-22-14-7-4-8-15-22/h3,5-6,9-13,16-17,19,22H,2,4,7-8,14-15,18H2,1H3,(H,32,34)/b25-17-. The number of amides is 2. The second kappa shape index (κ2) is 13.5. The zero-order valence-corrected chi connectivity index (χ0v) is 25.0. The number of anilines is 1. The van der Waals surface area contributed by atoms with Gasteiger partial charge in [0.25, 0.3) is 5.91 Å². The molecular weight excluding hydrogens is 577 g/mol. The Balaban J connectivity index is 1.30. The summed E-state index contributed by atoms with van der Waals surface area (Å²) in [5.74, 6) is -0.591. The van der Waals surface area contributed by atoms with Crippen LogP contribution in [0.25, 0.3) is 17.2 Å². The van der Waals surface area contributed by atoms with Gasteiger partial charge in [-0.05, 0) is 50.3 Å². The molecule has 0 unspecified atom stereocenters. The van der Waals surface area contributed by atoms with Gasteiger partial charge in [0.2, 0.25) is 5.91 Å². The van der Waals surface area contributed by atoms with Gasteiger partial charge in [-0.2, -0.15) is 0 Å². The molecule has 3 aromatic rings. The van der Waals surface area contributed by atoms with Crippen molar-refractivity contribution in [3.8, 4) is 16.9 Å². The van der Waals surface area contributed by atoms with E-state index in [4.69, 9.17) is 21.7 Å². The fourth-order valence-electron chi connectivity index (χ4n) is 4.84. The molecule has 2 amide bonds. The molecule has 0 atom stereocenters. The summed E-state index contributed by atoms with van der Waals surface area (Å²) < 4.78 is 11.9. The van der Waals surface area contributed by atoms with Crippen molar-refractivity contribution in [2.45, 2.75) is 45.1 Å². The molecule has 0 spiro atoms. The Morgan fingerprint density at radius 3 is 2.56 bits per heavy atom. The minimum Gasteiger partial charge on any atom is -0.490 e. The van der Waals surface area contributed by atoms with E-state index >= 15 is 0 Å². The quantitative estimate of drug-likeness (QED) is 0.157. The Labute approximate surface area is 252 Å². The van der Waals surface area contributed by atoms with Gasteiger partial charge in [-0.1, -0.05) is 78.9 Å². The maximum absolute atomic E-state index is 13.3. The molecule has 10 heteroatoms. The largest absolute Gasteiger partial charge is 0.490 e. The number of hydrogen-bond acceptors (Lipinski definition) is 8. The number of hydrogen-bond donors (Lipinski definition) is 1. The summed E-state index contributed by atoms with van der Waals surface area (Å²) in [7, 11) is 0. The highest BCUT2D eigenvalue weighted by Gasteiger charge is 2.34. The van der Waals surface area contributed by atoms with E-state index in [-0.39, 0.29) is 30.7 Å². The average molecular weight is 607 g/mol. The third-order valence-corrected chi connectivity index (χ3v) is 9.11. The molecule has 41 heavy (non-hydrogen) atoms. The van der Waals surface area contributed by atoms with Crippen molar-refractivity contribution in [3.05, 3.63) is 76.0 Å². The number of para-hydroxylation sites is 1. The van der Waals surface area contributed by atoms with Crippen molar-refractivity contribution in [1.29, 1.82) is 0 Å². The number of ether oxygens (including phenoxy) is 2. The van der Waals surface area contributed by atoms with Crippen LogP contribution in [-0.4, -0.2) is 46.3 Å². The highest BCUT2D eigenvalue weighted by molar-refractivity contribution is 8.26. The predicted octanol–water partition coefficient (Wildman–Crippen LogP) is 7.14. The Hall–Kier alpha value is -3.47. The van der Waals surface area contributed by atoms with Crippen LogP contribution in [0.5, 0.6) is 5.75 Å². The summed E-state index contributed by atoms with van der Waals surface area (Å²) in [6.07, 6.45) is 7.57. The minimum atomic E-state index is -0.523. The fraction of sp³-hybridized carbons (Fsp3) is 0.290. The van der Waals surface area contributed by atoms with E-state index in [1.54, 1.807) is 13.0 Å². The highest BCUT2D eigenvalue weighted by Crippen LogP contribution is 2.37. The van der Waals surface area contributed by atoms with E-state index in [2.05, 4.69) is 5.32 Å². The van der Waals surface area contributed by atoms with Crippen molar-refractivity contribution in [1.82, 2.24) is 4.90 Å². The van der Waals surface area contributed by atoms with E-state index in [1.807, 2.05) is 60.0 Å². The molecule has 7 nitrogen and oxygen atoms in total. The molecule has 1 aromatic heterocycles. The van der Waals surface area contributed by atoms with Crippen LogP contribution in [0.4, 0.5) is 5.00 Å². The number of thiocarbonyl (C=S) groups is 1. The maximum Gasteiger partial charge on any atom is 0.341 e. The summed E-state index contributed by atoms with van der Waals surface area (Å²) in [5, 5.41) is 4.98. The number of rotatable bonds is 9. The van der Waals surface area contributed by atoms with Gasteiger partial charge in [-0.3, -0.25) is 14.5 Å². The van der Waals surface area contributed by atoms with Gasteiger partial charge in [0.05, 0.1) is 17.6 Å². The molecule has 1 saturated carbocycles. The average Bonchev–Trinajstić information content (AvgIpc) is 3.51. The Kier molecular flexibility index (Phi) is 9.53. The third kappa shape index (κ3) is 6.89. The van der Waals surface area contributed by atoms with Gasteiger partial charge in [0.15, 0.2) is 0 Å². The lowest BCUT2D eigenvalue weighted by Crippen LogP contribution is -2.36. The first-order valence-corrected chi connectivity index (χ1v) is 15.7. The molecule has 0 bridgehead atoms. The van der Waals surface area contributed by atoms with Gasteiger partial charge < -0.3 is 14.8 Å². The van der Waals surface area contributed by atoms with Crippen LogP contribution in [0, 0.1) is 0 Å². The molecule has 1 aliphatic heterocycles. The van der Waals surface area contributed by atoms with E-state index in [1.165, 1.54) is 22.7 Å². The molecule has 2 heterocycles. The van der Waals surface area contributed by atoms with E-state index in [0.29, 0.717) is 19.8 Å². The molecule has 1 N–H and O–H groups in total. The molecular formula is C31H30N2O5S3. The molecule has 1 aliphatic carbocycles. The Bertz CT molecular complexity index is 1480. The topological polar surface area (TPSA) is 84.9 Å². The zero-order valence-electron chi connectivity index (χ0n) is 22.6. The SMILES string of the molecule is CCOC(=O)c1c(-c2ccccc2)csc1NC(=O)CN1C(=O)/C(=C/c2ccccc2OC2CCCCC2)SC1=S. The van der Waals surface area contributed by atoms with Crippen molar-refractivity contribution in [3.63, 3.8) is 0 Å². The van der Waals surface area contributed by atoms with Gasteiger partial charge in [0.1, 0.15) is 27.2 Å². The van der Waals surface area contributed by atoms with Crippen LogP contribution in [0.15, 0.2) is 64.9 Å². The minimum absolute atomic E-state index is 0.177. The van der Waals surface area contributed by atoms with Crippen LogP contribution in [0.1, 0.15) is 54.9 Å². The number of benzene rings is 2. The number of carbonyl (C=O) groups excluding carboxylic acids is 3. The third-order valence-electron chi connectivity index (χ3n) is 6.84. The molecule has 2 aromatic carbocycles. The summed E-state index contributed by atoms with van der Waals surface area (Å²) in [6, 6.07) is 17.1. The molecule has 2 aliphatic rings. The van der Waals surface area contributed by atoms with Crippen LogP contribution >= 0.6 is 35.3 Å². The second-order valence-corrected chi connectivity index (χ2v) is 12.2. The molecule has 2 fully saturated rings. The first-order chi connectivity index (χ1) is 19.9. The Morgan fingerprint density at radius 1 is 1.07 bits per heavy atom. The molecule has 5 rings (SSSR count). The first-order valence-electron chi connectivity index (χ1n) is 13.6. The van der Waals surface area contributed by atoms with Crippen molar-refractivity contribution < 1.29 is 23.9 Å². The lowest BCUT2D eigenvalue weighted by atomic mass is 9.97. The van der Waals surface area contributed by atoms with Crippen LogP contribution in [0.2, 0.25) is 0 Å². The second-order valence-electron chi connectivity index (χ2n) is 9.67. The first kappa shape index (κ1) is 29.0.